The molecule has 2 N–H and O–H groups in total. The van der Waals surface area contributed by atoms with E-state index < -0.39 is 0 Å². The second-order valence-electron chi connectivity index (χ2n) is 7.05. The SMILES string of the molecule is CCOc1cc(/C=N/NC(=O)c2ccc(Cl)cc2)ccc1OCC(=O)Nc1cccc(C)c1. The molecular formula is C25H24ClN3O4. The van der Waals surface area contributed by atoms with Crippen molar-refractivity contribution in [3.63, 3.8) is 0 Å². The van der Waals surface area contributed by atoms with E-state index in [1.54, 1.807) is 42.5 Å². The van der Waals surface area contributed by atoms with Gasteiger partial charge in [-0.3, -0.25) is 9.59 Å². The van der Waals surface area contributed by atoms with E-state index in [0.29, 0.717) is 39.9 Å². The zero-order chi connectivity index (χ0) is 23.6. The number of hydrogen-bond acceptors (Lipinski definition) is 5. The number of nitrogens with one attached hydrogen (secondary N) is 2. The van der Waals surface area contributed by atoms with Crippen LogP contribution in [-0.2, 0) is 4.79 Å². The maximum absolute atomic E-state index is 12.2. The number of hydrazone groups is 1. The fourth-order valence-electron chi connectivity index (χ4n) is 2.89. The van der Waals surface area contributed by atoms with Gasteiger partial charge in [0.1, 0.15) is 0 Å². The maximum Gasteiger partial charge on any atom is 0.271 e. The number of aryl methyl sites for hydroxylation is 1. The smallest absolute Gasteiger partial charge is 0.271 e. The van der Waals surface area contributed by atoms with E-state index in [2.05, 4.69) is 15.8 Å². The molecule has 0 spiro atoms. The van der Waals surface area contributed by atoms with Crippen LogP contribution in [0.15, 0.2) is 71.8 Å². The number of ether oxygens (including phenoxy) is 2. The fourth-order valence-corrected chi connectivity index (χ4v) is 3.01. The zero-order valence-corrected chi connectivity index (χ0v) is 19.1. The standard InChI is InChI=1S/C25H24ClN3O4/c1-3-32-23-14-18(15-27-29-25(31)19-8-10-20(26)11-9-19)7-12-22(23)33-16-24(30)28-21-6-4-5-17(2)13-21/h4-15H,3,16H2,1-2H3,(H,28,30)(H,29,31)/b27-15+. The van der Waals surface area contributed by atoms with E-state index in [1.807, 2.05) is 38.1 Å². The molecule has 3 aromatic carbocycles. The first-order valence-electron chi connectivity index (χ1n) is 10.3. The highest BCUT2D eigenvalue weighted by atomic mass is 35.5. The van der Waals surface area contributed by atoms with Gasteiger partial charge < -0.3 is 14.8 Å². The molecule has 0 saturated heterocycles. The van der Waals surface area contributed by atoms with Crippen molar-refractivity contribution in [3.05, 3.63) is 88.4 Å². The van der Waals surface area contributed by atoms with Gasteiger partial charge in [-0.2, -0.15) is 5.10 Å². The van der Waals surface area contributed by atoms with Crippen LogP contribution in [0.4, 0.5) is 5.69 Å². The molecule has 3 aromatic rings. The number of carbonyl (C=O) groups excluding carboxylic acids is 2. The van der Waals surface area contributed by atoms with Gasteiger partial charge in [-0.25, -0.2) is 5.43 Å². The number of anilines is 1. The summed E-state index contributed by atoms with van der Waals surface area (Å²) in [4.78, 5) is 24.3. The molecule has 3 rings (SSSR count). The minimum absolute atomic E-state index is 0.168. The number of rotatable bonds is 9. The van der Waals surface area contributed by atoms with Crippen LogP contribution in [0.25, 0.3) is 0 Å². The second-order valence-corrected chi connectivity index (χ2v) is 7.49. The van der Waals surface area contributed by atoms with Gasteiger partial charge in [0.2, 0.25) is 0 Å². The molecule has 7 nitrogen and oxygen atoms in total. The van der Waals surface area contributed by atoms with E-state index >= 15 is 0 Å². The predicted octanol–water partition coefficient (Wildman–Crippen LogP) is 4.83. The number of amides is 2. The molecule has 0 fully saturated rings. The third kappa shape index (κ3) is 7.36. The Morgan fingerprint density at radius 2 is 1.79 bits per heavy atom. The van der Waals surface area contributed by atoms with Crippen molar-refractivity contribution in [2.24, 2.45) is 5.10 Å². The van der Waals surface area contributed by atoms with Crippen LogP contribution < -0.4 is 20.2 Å². The van der Waals surface area contributed by atoms with Gasteiger partial charge in [-0.05, 0) is 79.6 Å². The normalized spacial score (nSPS) is 10.6. The number of carbonyl (C=O) groups is 2. The summed E-state index contributed by atoms with van der Waals surface area (Å²) >= 11 is 5.83. The van der Waals surface area contributed by atoms with Gasteiger partial charge in [0.15, 0.2) is 18.1 Å². The van der Waals surface area contributed by atoms with Crippen LogP contribution in [0, 0.1) is 6.92 Å². The minimum Gasteiger partial charge on any atom is -0.490 e. The van der Waals surface area contributed by atoms with Crippen molar-refractivity contribution in [2.45, 2.75) is 13.8 Å². The van der Waals surface area contributed by atoms with Crippen LogP contribution in [0.5, 0.6) is 11.5 Å². The molecule has 2 amide bonds. The van der Waals surface area contributed by atoms with Gasteiger partial charge in [0.25, 0.3) is 11.8 Å². The van der Waals surface area contributed by atoms with Gasteiger partial charge in [0, 0.05) is 16.3 Å². The van der Waals surface area contributed by atoms with E-state index in [-0.39, 0.29) is 18.4 Å². The maximum atomic E-state index is 12.2. The van der Waals surface area contributed by atoms with Crippen LogP contribution >= 0.6 is 11.6 Å². The summed E-state index contributed by atoms with van der Waals surface area (Å²) in [6.07, 6.45) is 1.49. The molecule has 33 heavy (non-hydrogen) atoms. The Bertz CT molecular complexity index is 1150. The average Bonchev–Trinajstić information content (AvgIpc) is 2.79. The van der Waals surface area contributed by atoms with Gasteiger partial charge in [-0.1, -0.05) is 23.7 Å². The summed E-state index contributed by atoms with van der Waals surface area (Å²) in [6, 6.07) is 19.2. The van der Waals surface area contributed by atoms with Crippen molar-refractivity contribution >= 4 is 35.3 Å². The lowest BCUT2D eigenvalue weighted by Crippen LogP contribution is -2.20. The van der Waals surface area contributed by atoms with E-state index in [4.69, 9.17) is 21.1 Å². The minimum atomic E-state index is -0.354. The molecule has 8 heteroatoms. The molecule has 0 unspecified atom stereocenters. The fraction of sp³-hybridized carbons (Fsp3) is 0.160. The Morgan fingerprint density at radius 1 is 1.00 bits per heavy atom. The average molecular weight is 466 g/mol. The van der Waals surface area contributed by atoms with Gasteiger partial charge >= 0.3 is 0 Å². The molecular weight excluding hydrogens is 442 g/mol. The summed E-state index contributed by atoms with van der Waals surface area (Å²) in [5, 5.41) is 7.33. The lowest BCUT2D eigenvalue weighted by molar-refractivity contribution is -0.118. The lowest BCUT2D eigenvalue weighted by Gasteiger charge is -2.13. The van der Waals surface area contributed by atoms with Crippen molar-refractivity contribution in [1.82, 2.24) is 5.43 Å². The number of halogens is 1. The van der Waals surface area contributed by atoms with Crippen molar-refractivity contribution in [1.29, 1.82) is 0 Å². The number of hydrogen-bond donors (Lipinski definition) is 2. The number of benzene rings is 3. The Balaban J connectivity index is 1.59. The van der Waals surface area contributed by atoms with Gasteiger partial charge in [-0.15, -0.1) is 0 Å². The molecule has 170 valence electrons. The Labute approximate surface area is 197 Å². The van der Waals surface area contributed by atoms with Crippen molar-refractivity contribution in [3.8, 4) is 11.5 Å². The van der Waals surface area contributed by atoms with Gasteiger partial charge in [0.05, 0.1) is 12.8 Å². The molecule has 0 aromatic heterocycles. The molecule has 0 aliphatic carbocycles. The number of nitrogens with zero attached hydrogens (tertiary/aromatic N) is 1. The van der Waals surface area contributed by atoms with Crippen molar-refractivity contribution < 1.29 is 19.1 Å². The largest absolute Gasteiger partial charge is 0.490 e. The summed E-state index contributed by atoms with van der Waals surface area (Å²) < 4.78 is 11.3. The summed E-state index contributed by atoms with van der Waals surface area (Å²) in [7, 11) is 0. The zero-order valence-electron chi connectivity index (χ0n) is 18.3. The van der Waals surface area contributed by atoms with Crippen LogP contribution in [0.2, 0.25) is 5.02 Å². The highest BCUT2D eigenvalue weighted by Gasteiger charge is 2.10. The third-order valence-electron chi connectivity index (χ3n) is 4.41. The Kier molecular flexibility index (Phi) is 8.43. The van der Waals surface area contributed by atoms with Crippen LogP contribution in [-0.4, -0.2) is 31.2 Å². The summed E-state index contributed by atoms with van der Waals surface area (Å²) in [6.45, 7) is 4.05. The monoisotopic (exact) mass is 465 g/mol. The van der Waals surface area contributed by atoms with Crippen molar-refractivity contribution in [2.75, 3.05) is 18.5 Å². The summed E-state index contributed by atoms with van der Waals surface area (Å²) in [5.41, 5.74) is 5.35. The molecule has 0 radical (unpaired) electrons. The molecule has 0 bridgehead atoms. The second kappa shape index (κ2) is 11.7. The first kappa shape index (κ1) is 23.8. The third-order valence-corrected chi connectivity index (χ3v) is 4.67. The summed E-state index contributed by atoms with van der Waals surface area (Å²) in [5.74, 6) is 0.263. The molecule has 0 heterocycles. The lowest BCUT2D eigenvalue weighted by atomic mass is 10.2. The van der Waals surface area contributed by atoms with Crippen LogP contribution in [0.3, 0.4) is 0 Å². The molecule has 0 atom stereocenters. The predicted molar refractivity (Wildman–Crippen MR) is 129 cm³/mol. The van der Waals surface area contributed by atoms with E-state index in [9.17, 15) is 9.59 Å². The Morgan fingerprint density at radius 3 is 2.52 bits per heavy atom. The Hall–Kier alpha value is -3.84. The molecule has 0 aliphatic heterocycles. The molecule has 0 saturated carbocycles. The molecule has 0 aliphatic rings. The first-order valence-corrected chi connectivity index (χ1v) is 10.7. The highest BCUT2D eigenvalue weighted by molar-refractivity contribution is 6.30. The van der Waals surface area contributed by atoms with E-state index in [0.717, 1.165) is 5.56 Å². The quantitative estimate of drug-likeness (QED) is 0.350. The van der Waals surface area contributed by atoms with E-state index in [1.165, 1.54) is 6.21 Å². The topological polar surface area (TPSA) is 89.0 Å². The van der Waals surface area contributed by atoms with Crippen LogP contribution in [0.1, 0.15) is 28.4 Å². The first-order chi connectivity index (χ1) is 15.9. The highest BCUT2D eigenvalue weighted by Crippen LogP contribution is 2.28.